The highest BCUT2D eigenvalue weighted by molar-refractivity contribution is 6.22. The van der Waals surface area contributed by atoms with Crippen molar-refractivity contribution in [2.24, 2.45) is 0 Å². The van der Waals surface area contributed by atoms with Crippen LogP contribution in [0.3, 0.4) is 0 Å². The van der Waals surface area contributed by atoms with Gasteiger partial charge in [0.2, 0.25) is 0 Å². The summed E-state index contributed by atoms with van der Waals surface area (Å²) in [5, 5.41) is 2.24. The number of likely N-dealkylation sites (tertiary alicyclic amines) is 1. The van der Waals surface area contributed by atoms with Gasteiger partial charge in [0.25, 0.3) is 23.6 Å². The molecule has 5 rings (SSSR count). The number of carbonyl (C=O) groups is 4. The Bertz CT molecular complexity index is 930. The zero-order valence-corrected chi connectivity index (χ0v) is 13.5. The Morgan fingerprint density at radius 3 is 1.73 bits per heavy atom. The van der Waals surface area contributed by atoms with Gasteiger partial charge in [0, 0.05) is 0 Å². The number of nitrogens with zero attached hydrogens (tertiary/aromatic N) is 3. The van der Waals surface area contributed by atoms with Crippen LogP contribution in [0, 0.1) is 0 Å². The van der Waals surface area contributed by atoms with Gasteiger partial charge in [0.1, 0.15) is 12.1 Å². The van der Waals surface area contributed by atoms with E-state index in [1.54, 1.807) is 24.3 Å². The molecule has 2 unspecified atom stereocenters. The highest BCUT2D eigenvalue weighted by Crippen LogP contribution is 2.42. The fourth-order valence-corrected chi connectivity index (χ4v) is 3.70. The summed E-state index contributed by atoms with van der Waals surface area (Å²) in [7, 11) is 0. The standard InChI is InChI=1S/C19H13N3O4/c23-16-12-8-4-5-9-13(12)17(24)22(16)21-14-15(21)19(26)20(18(14)25)10-11-6-2-1-3-7-11/h1-9,14-15H,10H2. The van der Waals surface area contributed by atoms with Gasteiger partial charge < -0.3 is 0 Å². The lowest BCUT2D eigenvalue weighted by Gasteiger charge is -2.23. The number of piperazine rings is 1. The number of hydrogen-bond donors (Lipinski definition) is 0. The topological polar surface area (TPSA) is 77.8 Å². The molecule has 0 bridgehead atoms. The maximum atomic E-state index is 12.6. The number of carbonyl (C=O) groups excluding carboxylic acids is 4. The van der Waals surface area contributed by atoms with E-state index in [4.69, 9.17) is 0 Å². The lowest BCUT2D eigenvalue weighted by atomic mass is 10.1. The maximum Gasteiger partial charge on any atom is 0.276 e. The average Bonchev–Trinajstić information content (AvgIpc) is 3.27. The van der Waals surface area contributed by atoms with Gasteiger partial charge in [-0.15, -0.1) is 0 Å². The Morgan fingerprint density at radius 2 is 1.19 bits per heavy atom. The first-order chi connectivity index (χ1) is 12.6. The molecule has 2 saturated heterocycles. The second-order valence-corrected chi connectivity index (χ2v) is 6.49. The molecule has 0 aromatic heterocycles. The molecule has 0 saturated carbocycles. The van der Waals surface area contributed by atoms with Crippen LogP contribution in [0.25, 0.3) is 0 Å². The highest BCUT2D eigenvalue weighted by atomic mass is 16.2. The minimum absolute atomic E-state index is 0.196. The molecule has 3 aliphatic heterocycles. The van der Waals surface area contributed by atoms with E-state index in [0.29, 0.717) is 11.1 Å². The van der Waals surface area contributed by atoms with Gasteiger partial charge in [-0.3, -0.25) is 24.1 Å². The predicted octanol–water partition coefficient (Wildman–Crippen LogP) is 0.819. The lowest BCUT2D eigenvalue weighted by molar-refractivity contribution is -0.144. The highest BCUT2D eigenvalue weighted by Gasteiger charge is 2.70. The van der Waals surface area contributed by atoms with Crippen LogP contribution in [0.4, 0.5) is 0 Å². The molecule has 0 N–H and O–H groups in total. The Labute approximate surface area is 148 Å². The number of amides is 4. The van der Waals surface area contributed by atoms with Crippen LogP contribution in [-0.4, -0.2) is 50.6 Å². The van der Waals surface area contributed by atoms with Crippen LogP contribution in [0.1, 0.15) is 26.3 Å². The van der Waals surface area contributed by atoms with E-state index in [1.807, 2.05) is 30.3 Å². The van der Waals surface area contributed by atoms with Gasteiger partial charge in [-0.2, -0.15) is 10.0 Å². The molecule has 26 heavy (non-hydrogen) atoms. The molecule has 128 valence electrons. The third kappa shape index (κ3) is 1.86. The molecule has 0 spiro atoms. The maximum absolute atomic E-state index is 12.6. The van der Waals surface area contributed by atoms with Crippen molar-refractivity contribution in [1.29, 1.82) is 0 Å². The smallest absolute Gasteiger partial charge is 0.275 e. The largest absolute Gasteiger partial charge is 0.276 e. The molecule has 0 aliphatic carbocycles. The van der Waals surface area contributed by atoms with Crippen molar-refractivity contribution in [2.45, 2.75) is 18.6 Å². The molecule has 4 amide bonds. The molecular formula is C19H13N3O4. The number of rotatable bonds is 3. The molecule has 0 radical (unpaired) electrons. The van der Waals surface area contributed by atoms with Crippen molar-refractivity contribution in [3.63, 3.8) is 0 Å². The Balaban J connectivity index is 1.39. The van der Waals surface area contributed by atoms with E-state index >= 15 is 0 Å². The summed E-state index contributed by atoms with van der Waals surface area (Å²) in [6, 6.07) is 14.2. The van der Waals surface area contributed by atoms with Crippen molar-refractivity contribution >= 4 is 23.6 Å². The van der Waals surface area contributed by atoms with Gasteiger partial charge in [-0.25, -0.2) is 0 Å². The van der Waals surface area contributed by atoms with Crippen molar-refractivity contribution in [3.05, 3.63) is 71.3 Å². The Morgan fingerprint density at radius 1 is 0.692 bits per heavy atom. The molecule has 7 nitrogen and oxygen atoms in total. The second-order valence-electron chi connectivity index (χ2n) is 6.49. The molecular weight excluding hydrogens is 334 g/mol. The van der Waals surface area contributed by atoms with Crippen molar-refractivity contribution in [2.75, 3.05) is 0 Å². The normalized spacial score (nSPS) is 26.4. The number of benzene rings is 2. The molecule has 2 aromatic carbocycles. The zero-order valence-electron chi connectivity index (χ0n) is 13.5. The predicted molar refractivity (Wildman–Crippen MR) is 88.4 cm³/mol. The second kappa shape index (κ2) is 5.09. The molecule has 2 aromatic rings. The van der Waals surface area contributed by atoms with Crippen LogP contribution in [0.2, 0.25) is 0 Å². The van der Waals surface area contributed by atoms with Gasteiger partial charge in [-0.1, -0.05) is 42.5 Å². The SMILES string of the molecule is O=C1C2C(C(=O)N1Cc1ccccc1)N2N1C(=O)c2ccccc2C1=O. The third-order valence-electron chi connectivity index (χ3n) is 5.00. The quantitative estimate of drug-likeness (QED) is 0.607. The summed E-state index contributed by atoms with van der Waals surface area (Å²) < 4.78 is 0. The van der Waals surface area contributed by atoms with Gasteiger partial charge in [-0.05, 0) is 17.7 Å². The van der Waals surface area contributed by atoms with Crippen molar-refractivity contribution < 1.29 is 19.2 Å². The van der Waals surface area contributed by atoms with E-state index in [2.05, 4.69) is 0 Å². The first-order valence-corrected chi connectivity index (χ1v) is 8.25. The van der Waals surface area contributed by atoms with E-state index in [1.165, 1.54) is 9.91 Å². The number of hydrazine groups is 1. The Kier molecular flexibility index (Phi) is 2.93. The molecule has 2 atom stereocenters. The molecule has 3 heterocycles. The van der Waals surface area contributed by atoms with Crippen LogP contribution in [0.15, 0.2) is 54.6 Å². The summed E-state index contributed by atoms with van der Waals surface area (Å²) in [5.41, 5.74) is 1.44. The number of hydrogen-bond acceptors (Lipinski definition) is 5. The summed E-state index contributed by atoms with van der Waals surface area (Å²) >= 11 is 0. The van der Waals surface area contributed by atoms with Crippen molar-refractivity contribution in [3.8, 4) is 0 Å². The summed E-state index contributed by atoms with van der Waals surface area (Å²) in [6.45, 7) is 0.196. The van der Waals surface area contributed by atoms with E-state index in [0.717, 1.165) is 10.6 Å². The lowest BCUT2D eigenvalue weighted by Crippen LogP contribution is -2.46. The number of imide groups is 2. The van der Waals surface area contributed by atoms with Gasteiger partial charge >= 0.3 is 0 Å². The first kappa shape index (κ1) is 15.0. The summed E-state index contributed by atoms with van der Waals surface area (Å²) in [4.78, 5) is 51.5. The summed E-state index contributed by atoms with van der Waals surface area (Å²) in [5.74, 6) is -1.73. The molecule has 2 fully saturated rings. The first-order valence-electron chi connectivity index (χ1n) is 8.25. The number of fused-ring (bicyclic) bond motifs is 2. The zero-order chi connectivity index (χ0) is 18.0. The average molecular weight is 347 g/mol. The van der Waals surface area contributed by atoms with Crippen molar-refractivity contribution in [1.82, 2.24) is 14.9 Å². The van der Waals surface area contributed by atoms with E-state index in [-0.39, 0.29) is 18.4 Å². The fourth-order valence-electron chi connectivity index (χ4n) is 3.70. The summed E-state index contributed by atoms with van der Waals surface area (Å²) in [6.07, 6.45) is 0. The third-order valence-corrected chi connectivity index (χ3v) is 5.00. The van der Waals surface area contributed by atoms with Gasteiger partial charge in [0.15, 0.2) is 0 Å². The van der Waals surface area contributed by atoms with E-state index in [9.17, 15) is 19.2 Å². The molecule has 7 heteroatoms. The van der Waals surface area contributed by atoms with Crippen LogP contribution in [0.5, 0.6) is 0 Å². The monoisotopic (exact) mass is 347 g/mol. The van der Waals surface area contributed by atoms with Crippen LogP contribution >= 0.6 is 0 Å². The molecule has 3 aliphatic rings. The van der Waals surface area contributed by atoms with Gasteiger partial charge in [0.05, 0.1) is 17.7 Å². The van der Waals surface area contributed by atoms with Crippen LogP contribution in [-0.2, 0) is 16.1 Å². The Hall–Kier alpha value is -3.32. The minimum atomic E-state index is -0.770. The fraction of sp³-hybridized carbons (Fsp3) is 0.158. The van der Waals surface area contributed by atoms with E-state index < -0.39 is 23.9 Å². The van der Waals surface area contributed by atoms with Crippen LogP contribution < -0.4 is 0 Å². The minimum Gasteiger partial charge on any atom is -0.275 e.